The third kappa shape index (κ3) is 7.74. The van der Waals surface area contributed by atoms with Crippen molar-refractivity contribution in [1.82, 2.24) is 20.5 Å². The molecule has 8 heteroatoms. The van der Waals surface area contributed by atoms with Crippen molar-refractivity contribution in [2.75, 3.05) is 45.2 Å². The number of nitrogens with one attached hydrogen (secondary N) is 2. The van der Waals surface area contributed by atoms with Gasteiger partial charge in [-0.25, -0.2) is 9.98 Å². The molecule has 1 aromatic heterocycles. The van der Waals surface area contributed by atoms with E-state index in [2.05, 4.69) is 44.2 Å². The zero-order chi connectivity index (χ0) is 18.9. The second-order valence-electron chi connectivity index (χ2n) is 6.72. The fourth-order valence-electron chi connectivity index (χ4n) is 2.70. The van der Waals surface area contributed by atoms with Crippen molar-refractivity contribution in [3.05, 3.63) is 36.5 Å². The Hall–Kier alpha value is -1.84. The Kier molecular flexibility index (Phi) is 10.1. The molecule has 2 N–H and O–H groups in total. The van der Waals surface area contributed by atoms with Crippen LogP contribution in [0, 0.1) is 6.92 Å². The summed E-state index contributed by atoms with van der Waals surface area (Å²) in [5, 5.41) is 6.62. The van der Waals surface area contributed by atoms with Crippen LogP contribution in [-0.2, 0) is 4.79 Å². The van der Waals surface area contributed by atoms with Gasteiger partial charge in [0.25, 0.3) is 0 Å². The number of piperidine rings is 1. The minimum Gasteiger partial charge on any atom is -0.356 e. The Balaban J connectivity index is 0.00000364. The van der Waals surface area contributed by atoms with E-state index in [0.717, 1.165) is 31.7 Å². The van der Waals surface area contributed by atoms with Crippen molar-refractivity contribution in [1.29, 1.82) is 0 Å². The monoisotopic (exact) mass is 486 g/mol. The highest BCUT2D eigenvalue weighted by atomic mass is 127. The average molecular weight is 486 g/mol. The highest BCUT2D eigenvalue weighted by Crippen LogP contribution is 2.17. The van der Waals surface area contributed by atoms with E-state index in [9.17, 15) is 4.79 Å². The fourth-order valence-corrected chi connectivity index (χ4v) is 2.70. The second-order valence-corrected chi connectivity index (χ2v) is 6.72. The van der Waals surface area contributed by atoms with Crippen molar-refractivity contribution in [2.24, 2.45) is 4.99 Å². The molecule has 2 rings (SSSR count). The summed E-state index contributed by atoms with van der Waals surface area (Å²) < 4.78 is 0. The van der Waals surface area contributed by atoms with E-state index in [1.807, 2.05) is 13.1 Å². The molecule has 27 heavy (non-hydrogen) atoms. The molecular weight excluding hydrogens is 455 g/mol. The number of hydrogen-bond acceptors (Lipinski definition) is 4. The average Bonchev–Trinajstić information content (AvgIpc) is 2.64. The van der Waals surface area contributed by atoms with Crippen LogP contribution in [0.2, 0.25) is 0 Å². The number of carbonyl (C=O) groups excluding carboxylic acids is 1. The smallest absolute Gasteiger partial charge is 0.243 e. The topological polar surface area (TPSA) is 72.9 Å². The van der Waals surface area contributed by atoms with Crippen LogP contribution in [0.15, 0.2) is 36.0 Å². The molecule has 0 atom stereocenters. The van der Waals surface area contributed by atoms with Gasteiger partial charge in [-0.2, -0.15) is 0 Å². The van der Waals surface area contributed by atoms with Gasteiger partial charge < -0.3 is 20.4 Å². The first-order chi connectivity index (χ1) is 12.5. The lowest BCUT2D eigenvalue weighted by Crippen LogP contribution is -2.49. The number of halogens is 1. The summed E-state index contributed by atoms with van der Waals surface area (Å²) in [6, 6.07) is 4.49. The van der Waals surface area contributed by atoms with E-state index in [1.54, 1.807) is 25.1 Å². The molecule has 0 bridgehead atoms. The Morgan fingerprint density at radius 3 is 2.67 bits per heavy atom. The van der Waals surface area contributed by atoms with E-state index < -0.39 is 0 Å². The predicted molar refractivity (Wildman–Crippen MR) is 122 cm³/mol. The third-order valence-corrected chi connectivity index (χ3v) is 4.34. The number of guanidine groups is 1. The van der Waals surface area contributed by atoms with Crippen LogP contribution >= 0.6 is 24.0 Å². The summed E-state index contributed by atoms with van der Waals surface area (Å²) in [6.07, 6.45) is 5.67. The molecule has 150 valence electrons. The molecule has 1 amide bonds. The van der Waals surface area contributed by atoms with Crippen LogP contribution in [0.25, 0.3) is 0 Å². The summed E-state index contributed by atoms with van der Waals surface area (Å²) in [7, 11) is 3.47. The zero-order valence-corrected chi connectivity index (χ0v) is 18.8. The van der Waals surface area contributed by atoms with E-state index in [1.165, 1.54) is 5.56 Å². The maximum atomic E-state index is 11.8. The van der Waals surface area contributed by atoms with Crippen LogP contribution in [0.4, 0.5) is 5.82 Å². The maximum Gasteiger partial charge on any atom is 0.243 e. The highest BCUT2D eigenvalue weighted by molar-refractivity contribution is 14.0. The number of carbonyl (C=O) groups is 1. The van der Waals surface area contributed by atoms with Crippen molar-refractivity contribution >= 4 is 41.7 Å². The first kappa shape index (κ1) is 23.2. The fraction of sp³-hybridized carbons (Fsp3) is 0.526. The lowest BCUT2D eigenvalue weighted by molar-refractivity contribution is -0.127. The molecule has 1 fully saturated rings. The summed E-state index contributed by atoms with van der Waals surface area (Å²) in [4.78, 5) is 24.5. The van der Waals surface area contributed by atoms with E-state index in [4.69, 9.17) is 0 Å². The van der Waals surface area contributed by atoms with Gasteiger partial charge in [0.2, 0.25) is 5.91 Å². The number of amides is 1. The normalized spacial score (nSPS) is 14.9. The van der Waals surface area contributed by atoms with Crippen LogP contribution in [0.1, 0.15) is 18.4 Å². The number of hydrogen-bond donors (Lipinski definition) is 2. The lowest BCUT2D eigenvalue weighted by atomic mass is 10.1. The van der Waals surface area contributed by atoms with Gasteiger partial charge in [0, 0.05) is 46.0 Å². The molecule has 0 saturated carbocycles. The Bertz CT molecular complexity index is 624. The molecule has 0 radical (unpaired) electrons. The van der Waals surface area contributed by atoms with E-state index in [0.29, 0.717) is 18.5 Å². The van der Waals surface area contributed by atoms with Gasteiger partial charge in [0.05, 0.1) is 0 Å². The number of rotatable bonds is 6. The van der Waals surface area contributed by atoms with Gasteiger partial charge >= 0.3 is 0 Å². The molecule has 0 unspecified atom stereocenters. The molecule has 0 aliphatic carbocycles. The number of nitrogens with zero attached hydrogens (tertiary/aromatic N) is 4. The molecule has 7 nitrogen and oxygen atoms in total. The highest BCUT2D eigenvalue weighted by Gasteiger charge is 2.21. The van der Waals surface area contributed by atoms with Crippen molar-refractivity contribution in [3.8, 4) is 0 Å². The van der Waals surface area contributed by atoms with Gasteiger partial charge in [-0.1, -0.05) is 12.1 Å². The number of aliphatic imine (C=N–C) groups is 1. The second kappa shape index (κ2) is 11.8. The summed E-state index contributed by atoms with van der Waals surface area (Å²) >= 11 is 0. The predicted octanol–water partition coefficient (Wildman–Crippen LogP) is 1.79. The van der Waals surface area contributed by atoms with Gasteiger partial charge in [-0.05, 0) is 31.4 Å². The molecule has 1 aliphatic rings. The van der Waals surface area contributed by atoms with E-state index >= 15 is 0 Å². The first-order valence-electron chi connectivity index (χ1n) is 9.03. The molecule has 0 spiro atoms. The van der Waals surface area contributed by atoms with Gasteiger partial charge in [-0.15, -0.1) is 30.6 Å². The third-order valence-electron chi connectivity index (χ3n) is 4.34. The Morgan fingerprint density at radius 2 is 2.11 bits per heavy atom. The first-order valence-corrected chi connectivity index (χ1v) is 9.03. The van der Waals surface area contributed by atoms with E-state index in [-0.39, 0.29) is 36.4 Å². The Morgan fingerprint density at radius 1 is 1.41 bits per heavy atom. The number of aromatic nitrogens is 1. The lowest BCUT2D eigenvalue weighted by Gasteiger charge is -2.33. The van der Waals surface area contributed by atoms with Crippen molar-refractivity contribution < 1.29 is 4.79 Å². The number of anilines is 1. The minimum atomic E-state index is -0.0232. The number of likely N-dealkylation sites (N-methyl/N-ethyl adjacent to an activating group) is 1. The van der Waals surface area contributed by atoms with Crippen LogP contribution in [0.3, 0.4) is 0 Å². The van der Waals surface area contributed by atoms with Crippen LogP contribution < -0.4 is 15.5 Å². The Labute approximate surface area is 179 Å². The molecule has 1 saturated heterocycles. The molecule has 2 heterocycles. The quantitative estimate of drug-likeness (QED) is 0.278. The standard InChI is InChI=1S/C19H30N6O.HI/c1-5-10-20-19(22-14-18(26)24(3)4)23-16-8-11-25(12-9-16)17-7-6-15(2)13-21-17;/h5-7,13,16H,1,8-12,14H2,2-4H3,(H2,20,22,23);1H. The van der Waals surface area contributed by atoms with Crippen LogP contribution in [-0.4, -0.2) is 68.1 Å². The summed E-state index contributed by atoms with van der Waals surface area (Å²) in [5.74, 6) is 1.67. The largest absolute Gasteiger partial charge is 0.356 e. The maximum absolute atomic E-state index is 11.8. The van der Waals surface area contributed by atoms with Crippen LogP contribution in [0.5, 0.6) is 0 Å². The summed E-state index contributed by atoms with van der Waals surface area (Å²) in [5.41, 5.74) is 1.17. The van der Waals surface area contributed by atoms with Crippen molar-refractivity contribution in [2.45, 2.75) is 25.8 Å². The minimum absolute atomic E-state index is 0. The number of pyridine rings is 1. The van der Waals surface area contributed by atoms with Gasteiger partial charge in [0.1, 0.15) is 12.4 Å². The SMILES string of the molecule is C=CCNC(=NCC(=O)N(C)C)NC1CCN(c2ccc(C)cn2)CC1.I. The molecule has 1 aromatic rings. The van der Waals surface area contributed by atoms with Gasteiger partial charge in [-0.3, -0.25) is 4.79 Å². The number of aryl methyl sites for hydroxylation is 1. The molecular formula is C19H31IN6O. The molecule has 1 aliphatic heterocycles. The summed E-state index contributed by atoms with van der Waals surface area (Å²) in [6.45, 7) is 8.39. The van der Waals surface area contributed by atoms with Gasteiger partial charge in [0.15, 0.2) is 5.96 Å². The van der Waals surface area contributed by atoms with Crippen molar-refractivity contribution in [3.63, 3.8) is 0 Å². The molecule has 0 aromatic carbocycles. The zero-order valence-electron chi connectivity index (χ0n) is 16.4.